The minimum Gasteiger partial charge on any atom is -0.274 e. The van der Waals surface area contributed by atoms with Gasteiger partial charge in [-0.3, -0.25) is 5.43 Å². The molecule has 4 N–H and O–H groups in total. The zero-order valence-electron chi connectivity index (χ0n) is 8.05. The van der Waals surface area contributed by atoms with Crippen molar-refractivity contribution in [2.45, 2.75) is 0 Å². The molecule has 0 aliphatic rings. The second-order valence-corrected chi connectivity index (χ2v) is 2.63. The Labute approximate surface area is 87.6 Å². The number of nitrogens with zero attached hydrogens (tertiary/aromatic N) is 1. The van der Waals surface area contributed by atoms with Crippen LogP contribution < -0.4 is 16.7 Å². The molecule has 15 heavy (non-hydrogen) atoms. The Kier molecular flexibility index (Phi) is 4.62. The predicted molar refractivity (Wildman–Crippen MR) is 59.8 cm³/mol. The minimum atomic E-state index is -0.556. The van der Waals surface area contributed by atoms with Gasteiger partial charge in [-0.05, 0) is 11.6 Å². The van der Waals surface area contributed by atoms with E-state index in [1.807, 2.05) is 41.8 Å². The van der Waals surface area contributed by atoms with Crippen molar-refractivity contribution >= 4 is 18.3 Å². The highest BCUT2D eigenvalue weighted by Crippen LogP contribution is 1.99. The lowest BCUT2D eigenvalue weighted by molar-refractivity contribution is 0.241. The van der Waals surface area contributed by atoms with Crippen molar-refractivity contribution in [3.63, 3.8) is 0 Å². The molecule has 0 heterocycles. The number of carbonyl (C=O) groups excluding carboxylic acids is 1. The summed E-state index contributed by atoms with van der Waals surface area (Å²) in [5.74, 6) is 4.82. The zero-order chi connectivity index (χ0) is 10.9. The Hall–Kier alpha value is -2.14. The molecule has 0 unspecified atom stereocenters. The topological polar surface area (TPSA) is 79.5 Å². The number of carbonyl (C=O) groups is 1. The first-order valence-electron chi connectivity index (χ1n) is 4.34. The molecular weight excluding hydrogens is 192 g/mol. The number of nitrogens with two attached hydrogens (primary N) is 1. The van der Waals surface area contributed by atoms with Crippen LogP contribution in [0.15, 0.2) is 41.5 Å². The molecular formula is C10H12N4O. The number of nitrogens with one attached hydrogen (secondary N) is 2. The molecule has 1 aromatic carbocycles. The molecule has 0 aliphatic carbocycles. The highest BCUT2D eigenvalue weighted by Gasteiger charge is 1.87. The molecule has 0 bridgehead atoms. The third-order valence-electron chi connectivity index (χ3n) is 1.55. The number of rotatable bonds is 3. The summed E-state index contributed by atoms with van der Waals surface area (Å²) in [5.41, 5.74) is 5.11. The van der Waals surface area contributed by atoms with Crippen molar-refractivity contribution in [3.8, 4) is 0 Å². The van der Waals surface area contributed by atoms with Crippen molar-refractivity contribution in [2.24, 2.45) is 10.9 Å². The highest BCUT2D eigenvalue weighted by atomic mass is 16.2. The lowest BCUT2D eigenvalue weighted by Crippen LogP contribution is -2.37. The van der Waals surface area contributed by atoms with Gasteiger partial charge in [-0.15, -0.1) is 0 Å². The molecule has 78 valence electrons. The molecule has 0 aliphatic heterocycles. The molecule has 0 aromatic heterocycles. The molecule has 5 heteroatoms. The SMILES string of the molecule is NNC(=O)N/N=C/C=C/c1ccccc1. The summed E-state index contributed by atoms with van der Waals surface area (Å²) in [6.45, 7) is 0. The van der Waals surface area contributed by atoms with Crippen LogP contribution in [0.5, 0.6) is 0 Å². The minimum absolute atomic E-state index is 0.556. The average molecular weight is 204 g/mol. The van der Waals surface area contributed by atoms with E-state index in [1.165, 1.54) is 6.21 Å². The predicted octanol–water partition coefficient (Wildman–Crippen LogP) is 0.858. The largest absolute Gasteiger partial charge is 0.349 e. The summed E-state index contributed by atoms with van der Waals surface area (Å²) < 4.78 is 0. The molecule has 1 rings (SSSR count). The highest BCUT2D eigenvalue weighted by molar-refractivity contribution is 5.80. The van der Waals surface area contributed by atoms with E-state index in [4.69, 9.17) is 5.84 Å². The van der Waals surface area contributed by atoms with Crippen LogP contribution in [0.3, 0.4) is 0 Å². The van der Waals surface area contributed by atoms with Crippen LogP contribution in [0.2, 0.25) is 0 Å². The van der Waals surface area contributed by atoms with Crippen molar-refractivity contribution in [1.29, 1.82) is 0 Å². The van der Waals surface area contributed by atoms with E-state index < -0.39 is 6.03 Å². The van der Waals surface area contributed by atoms with Gasteiger partial charge in [0.1, 0.15) is 0 Å². The van der Waals surface area contributed by atoms with E-state index >= 15 is 0 Å². The summed E-state index contributed by atoms with van der Waals surface area (Å²) in [7, 11) is 0. The van der Waals surface area contributed by atoms with Crippen LogP contribution in [0.25, 0.3) is 6.08 Å². The maximum atomic E-state index is 10.6. The molecule has 2 amide bonds. The van der Waals surface area contributed by atoms with Crippen molar-refractivity contribution in [2.75, 3.05) is 0 Å². The fourth-order valence-corrected chi connectivity index (χ4v) is 0.889. The molecule has 0 radical (unpaired) electrons. The van der Waals surface area contributed by atoms with Gasteiger partial charge in [0.2, 0.25) is 0 Å². The Bertz CT molecular complexity index is 359. The molecule has 0 spiro atoms. The van der Waals surface area contributed by atoms with Crippen LogP contribution >= 0.6 is 0 Å². The van der Waals surface area contributed by atoms with E-state index in [2.05, 4.69) is 10.5 Å². The lowest BCUT2D eigenvalue weighted by Gasteiger charge is -1.93. The molecule has 0 saturated heterocycles. The molecule has 5 nitrogen and oxygen atoms in total. The van der Waals surface area contributed by atoms with Gasteiger partial charge in [-0.25, -0.2) is 16.1 Å². The maximum Gasteiger partial charge on any atom is 0.349 e. The van der Waals surface area contributed by atoms with Gasteiger partial charge < -0.3 is 0 Å². The van der Waals surface area contributed by atoms with Crippen LogP contribution in [-0.4, -0.2) is 12.2 Å². The van der Waals surface area contributed by atoms with E-state index in [-0.39, 0.29) is 0 Å². The van der Waals surface area contributed by atoms with E-state index in [0.717, 1.165) is 5.56 Å². The monoisotopic (exact) mass is 204 g/mol. The smallest absolute Gasteiger partial charge is 0.274 e. The average Bonchev–Trinajstić information content (AvgIpc) is 2.29. The van der Waals surface area contributed by atoms with Crippen LogP contribution in [-0.2, 0) is 0 Å². The third-order valence-corrected chi connectivity index (χ3v) is 1.55. The summed E-state index contributed by atoms with van der Waals surface area (Å²) in [6.07, 6.45) is 5.04. The Balaban J connectivity index is 2.37. The summed E-state index contributed by atoms with van der Waals surface area (Å²) in [5, 5.41) is 3.60. The molecule has 0 atom stereocenters. The van der Waals surface area contributed by atoms with Crippen LogP contribution in [0.1, 0.15) is 5.56 Å². The van der Waals surface area contributed by atoms with Crippen molar-refractivity contribution < 1.29 is 4.79 Å². The fraction of sp³-hybridized carbons (Fsp3) is 0. The van der Waals surface area contributed by atoms with E-state index in [0.29, 0.717) is 0 Å². The van der Waals surface area contributed by atoms with Gasteiger partial charge in [-0.1, -0.05) is 36.4 Å². The van der Waals surface area contributed by atoms with Crippen molar-refractivity contribution in [1.82, 2.24) is 10.9 Å². The van der Waals surface area contributed by atoms with Crippen molar-refractivity contribution in [3.05, 3.63) is 42.0 Å². The number of hydrazine groups is 1. The quantitative estimate of drug-likeness (QED) is 0.295. The lowest BCUT2D eigenvalue weighted by atomic mass is 10.2. The Morgan fingerprint density at radius 1 is 1.33 bits per heavy atom. The second-order valence-electron chi connectivity index (χ2n) is 2.63. The number of amides is 2. The molecule has 0 saturated carbocycles. The van der Waals surface area contributed by atoms with Gasteiger partial charge >= 0.3 is 6.03 Å². The normalized spacial score (nSPS) is 10.7. The van der Waals surface area contributed by atoms with E-state index in [1.54, 1.807) is 6.08 Å². The van der Waals surface area contributed by atoms with Gasteiger partial charge in [-0.2, -0.15) is 5.10 Å². The van der Waals surface area contributed by atoms with Gasteiger partial charge in [0.25, 0.3) is 0 Å². The molecule has 1 aromatic rings. The number of hydrazone groups is 1. The van der Waals surface area contributed by atoms with Crippen LogP contribution in [0, 0.1) is 0 Å². The number of allylic oxidation sites excluding steroid dienone is 1. The first-order valence-corrected chi connectivity index (χ1v) is 4.34. The first kappa shape index (κ1) is 10.9. The van der Waals surface area contributed by atoms with Gasteiger partial charge in [0.15, 0.2) is 0 Å². The summed E-state index contributed by atoms with van der Waals surface area (Å²) >= 11 is 0. The third kappa shape index (κ3) is 4.58. The number of hydrogen-bond donors (Lipinski definition) is 3. The standard InChI is InChI=1S/C10H12N4O/c11-13-10(15)14-12-8-4-7-9-5-2-1-3-6-9/h1-8H,11H2,(H2,13,14,15)/b7-4+,12-8+. The first-order chi connectivity index (χ1) is 7.33. The number of hydrogen-bond acceptors (Lipinski definition) is 3. The maximum absolute atomic E-state index is 10.6. The molecule has 0 fully saturated rings. The van der Waals surface area contributed by atoms with Crippen LogP contribution in [0.4, 0.5) is 4.79 Å². The van der Waals surface area contributed by atoms with Gasteiger partial charge in [0, 0.05) is 6.21 Å². The van der Waals surface area contributed by atoms with Gasteiger partial charge in [0.05, 0.1) is 0 Å². The van der Waals surface area contributed by atoms with E-state index in [9.17, 15) is 4.79 Å². The fourth-order valence-electron chi connectivity index (χ4n) is 0.889. The summed E-state index contributed by atoms with van der Waals surface area (Å²) in [6, 6.07) is 9.20. The Morgan fingerprint density at radius 3 is 2.73 bits per heavy atom. The Morgan fingerprint density at radius 2 is 2.07 bits per heavy atom. The zero-order valence-corrected chi connectivity index (χ0v) is 8.05. The number of urea groups is 1. The second kappa shape index (κ2) is 6.33. The number of benzene rings is 1. The summed E-state index contributed by atoms with van der Waals surface area (Å²) in [4.78, 5) is 10.6.